The number of hydrogen-bond acceptors (Lipinski definition) is 4. The van der Waals surface area contributed by atoms with E-state index < -0.39 is 0 Å². The molecule has 84 valence electrons. The molecule has 4 heteroatoms. The van der Waals surface area contributed by atoms with Crippen molar-refractivity contribution in [2.45, 2.75) is 18.9 Å². The third kappa shape index (κ3) is 2.26. The molecule has 2 N–H and O–H groups in total. The predicted octanol–water partition coefficient (Wildman–Crippen LogP) is 1.70. The van der Waals surface area contributed by atoms with Gasteiger partial charge in [-0.25, -0.2) is 0 Å². The molecule has 16 heavy (non-hydrogen) atoms. The Morgan fingerprint density at radius 1 is 1.38 bits per heavy atom. The van der Waals surface area contributed by atoms with Crippen LogP contribution in [0.15, 0.2) is 18.2 Å². The molecule has 0 saturated carbocycles. The lowest BCUT2D eigenvalue weighted by Gasteiger charge is -2.24. The van der Waals surface area contributed by atoms with E-state index in [0.717, 1.165) is 26.1 Å². The molecular formula is C12H14N2O2. The van der Waals surface area contributed by atoms with Gasteiger partial charge in [-0.1, -0.05) is 6.07 Å². The smallest absolute Gasteiger partial charge is 0.143 e. The van der Waals surface area contributed by atoms with Gasteiger partial charge in [-0.3, -0.25) is 0 Å². The van der Waals surface area contributed by atoms with E-state index in [9.17, 15) is 0 Å². The summed E-state index contributed by atoms with van der Waals surface area (Å²) < 4.78 is 11.0. The highest BCUT2D eigenvalue weighted by atomic mass is 16.5. The van der Waals surface area contributed by atoms with Gasteiger partial charge in [0.2, 0.25) is 0 Å². The first kappa shape index (κ1) is 10.8. The number of para-hydroxylation sites is 1. The van der Waals surface area contributed by atoms with Crippen molar-refractivity contribution >= 4 is 5.69 Å². The number of rotatable bonds is 2. The molecule has 1 aliphatic heterocycles. The van der Waals surface area contributed by atoms with Gasteiger partial charge >= 0.3 is 0 Å². The fourth-order valence-corrected chi connectivity index (χ4v) is 1.72. The molecule has 0 radical (unpaired) electrons. The number of anilines is 1. The first-order valence-corrected chi connectivity index (χ1v) is 5.34. The summed E-state index contributed by atoms with van der Waals surface area (Å²) in [4.78, 5) is 0. The fourth-order valence-electron chi connectivity index (χ4n) is 1.72. The Balaban J connectivity index is 2.12. The summed E-state index contributed by atoms with van der Waals surface area (Å²) in [5.41, 5.74) is 6.72. The van der Waals surface area contributed by atoms with Gasteiger partial charge < -0.3 is 15.2 Å². The molecule has 1 aliphatic rings. The molecule has 0 unspecified atom stereocenters. The number of nitrogens with two attached hydrogens (primary N) is 1. The van der Waals surface area contributed by atoms with E-state index in [1.807, 2.05) is 6.07 Å². The lowest BCUT2D eigenvalue weighted by atomic mass is 10.1. The van der Waals surface area contributed by atoms with Gasteiger partial charge in [0.05, 0.1) is 24.5 Å². The molecule has 2 rings (SSSR count). The molecule has 1 aromatic carbocycles. The van der Waals surface area contributed by atoms with Crippen LogP contribution >= 0.6 is 0 Å². The molecule has 0 atom stereocenters. The molecule has 4 nitrogen and oxygen atoms in total. The maximum absolute atomic E-state index is 8.84. The third-order valence-corrected chi connectivity index (χ3v) is 2.65. The van der Waals surface area contributed by atoms with Gasteiger partial charge in [-0.05, 0) is 12.1 Å². The first-order valence-electron chi connectivity index (χ1n) is 5.34. The van der Waals surface area contributed by atoms with Crippen LogP contribution in [0, 0.1) is 11.3 Å². The summed E-state index contributed by atoms with van der Waals surface area (Å²) in [5, 5.41) is 8.84. The van der Waals surface area contributed by atoms with Crippen LogP contribution in [0.4, 0.5) is 5.69 Å². The number of hydrogen-bond donors (Lipinski definition) is 1. The van der Waals surface area contributed by atoms with Crippen molar-refractivity contribution in [3.8, 4) is 11.8 Å². The normalized spacial score (nSPS) is 16.7. The highest BCUT2D eigenvalue weighted by Gasteiger charge is 2.17. The third-order valence-electron chi connectivity index (χ3n) is 2.65. The van der Waals surface area contributed by atoms with Crippen molar-refractivity contribution in [3.05, 3.63) is 23.8 Å². The van der Waals surface area contributed by atoms with Crippen LogP contribution in [-0.2, 0) is 4.74 Å². The maximum Gasteiger partial charge on any atom is 0.143 e. The Bertz CT molecular complexity index is 406. The van der Waals surface area contributed by atoms with Gasteiger partial charge in [0.1, 0.15) is 17.9 Å². The minimum Gasteiger partial charge on any atom is -0.488 e. The monoisotopic (exact) mass is 218 g/mol. The molecule has 1 fully saturated rings. The minimum atomic E-state index is 0.144. The van der Waals surface area contributed by atoms with E-state index in [0.29, 0.717) is 17.0 Å². The van der Waals surface area contributed by atoms with Crippen molar-refractivity contribution in [2.24, 2.45) is 0 Å². The van der Waals surface area contributed by atoms with Gasteiger partial charge in [0.15, 0.2) is 0 Å². The summed E-state index contributed by atoms with van der Waals surface area (Å²) in [5.74, 6) is 0.603. The first-order chi connectivity index (χ1) is 7.81. The lowest BCUT2D eigenvalue weighted by Crippen LogP contribution is -2.26. The Morgan fingerprint density at radius 2 is 2.12 bits per heavy atom. The Kier molecular flexibility index (Phi) is 3.28. The molecule has 0 aliphatic carbocycles. The molecule has 0 bridgehead atoms. The van der Waals surface area contributed by atoms with Gasteiger partial charge in [0.25, 0.3) is 0 Å². The SMILES string of the molecule is N#Cc1cccc(OC2CCOCC2)c1N. The second kappa shape index (κ2) is 4.86. The number of ether oxygens (including phenoxy) is 2. The predicted molar refractivity (Wildman–Crippen MR) is 60.0 cm³/mol. The van der Waals surface area contributed by atoms with Crippen LogP contribution in [0.25, 0.3) is 0 Å². The van der Waals surface area contributed by atoms with Gasteiger partial charge in [-0.2, -0.15) is 5.26 Å². The van der Waals surface area contributed by atoms with Crippen LogP contribution in [-0.4, -0.2) is 19.3 Å². The molecule has 1 saturated heterocycles. The van der Waals surface area contributed by atoms with Crippen LogP contribution in [0.1, 0.15) is 18.4 Å². The lowest BCUT2D eigenvalue weighted by molar-refractivity contribution is 0.0258. The summed E-state index contributed by atoms with van der Waals surface area (Å²) in [6.07, 6.45) is 1.89. The van der Waals surface area contributed by atoms with E-state index in [1.165, 1.54) is 0 Å². The molecule has 1 heterocycles. The van der Waals surface area contributed by atoms with E-state index in [4.69, 9.17) is 20.5 Å². The van der Waals surface area contributed by atoms with E-state index in [-0.39, 0.29) is 6.10 Å². The van der Waals surface area contributed by atoms with Crippen LogP contribution in [0.3, 0.4) is 0 Å². The fraction of sp³-hybridized carbons (Fsp3) is 0.417. The Morgan fingerprint density at radius 3 is 2.81 bits per heavy atom. The number of benzene rings is 1. The number of nitriles is 1. The maximum atomic E-state index is 8.84. The quantitative estimate of drug-likeness (QED) is 0.767. The average molecular weight is 218 g/mol. The molecule has 0 aromatic heterocycles. The topological polar surface area (TPSA) is 68.3 Å². The molecule has 0 amide bonds. The number of nitrogen functional groups attached to an aromatic ring is 1. The Hall–Kier alpha value is -1.73. The summed E-state index contributed by atoms with van der Waals surface area (Å²) >= 11 is 0. The minimum absolute atomic E-state index is 0.144. The van der Waals surface area contributed by atoms with E-state index in [2.05, 4.69) is 0 Å². The summed E-state index contributed by atoms with van der Waals surface area (Å²) in [6.45, 7) is 1.45. The van der Waals surface area contributed by atoms with Crippen molar-refractivity contribution in [2.75, 3.05) is 18.9 Å². The second-order valence-corrected chi connectivity index (χ2v) is 3.76. The van der Waals surface area contributed by atoms with E-state index in [1.54, 1.807) is 18.2 Å². The summed E-state index contributed by atoms with van der Waals surface area (Å²) in [6, 6.07) is 7.31. The standard InChI is InChI=1S/C12H14N2O2/c13-8-9-2-1-3-11(12(9)14)16-10-4-6-15-7-5-10/h1-3,10H,4-7,14H2. The summed E-state index contributed by atoms with van der Waals surface area (Å²) in [7, 11) is 0. The average Bonchev–Trinajstić information content (AvgIpc) is 2.33. The molecule has 1 aromatic rings. The highest BCUT2D eigenvalue weighted by Crippen LogP contribution is 2.27. The van der Waals surface area contributed by atoms with Crippen molar-refractivity contribution < 1.29 is 9.47 Å². The van der Waals surface area contributed by atoms with Gasteiger partial charge in [-0.15, -0.1) is 0 Å². The Labute approximate surface area is 94.6 Å². The van der Waals surface area contributed by atoms with Crippen LogP contribution in [0.5, 0.6) is 5.75 Å². The van der Waals surface area contributed by atoms with Crippen molar-refractivity contribution in [1.82, 2.24) is 0 Å². The van der Waals surface area contributed by atoms with E-state index >= 15 is 0 Å². The van der Waals surface area contributed by atoms with Gasteiger partial charge in [0, 0.05) is 12.8 Å². The van der Waals surface area contributed by atoms with Crippen molar-refractivity contribution in [1.29, 1.82) is 5.26 Å². The molecule has 0 spiro atoms. The zero-order valence-electron chi connectivity index (χ0n) is 8.98. The molecular weight excluding hydrogens is 204 g/mol. The highest BCUT2D eigenvalue weighted by molar-refractivity contribution is 5.63. The number of nitrogens with zero attached hydrogens (tertiary/aromatic N) is 1. The van der Waals surface area contributed by atoms with Crippen LogP contribution < -0.4 is 10.5 Å². The second-order valence-electron chi connectivity index (χ2n) is 3.76. The zero-order chi connectivity index (χ0) is 11.4. The zero-order valence-corrected chi connectivity index (χ0v) is 8.98. The van der Waals surface area contributed by atoms with Crippen molar-refractivity contribution in [3.63, 3.8) is 0 Å². The van der Waals surface area contributed by atoms with Crippen LogP contribution in [0.2, 0.25) is 0 Å². The largest absolute Gasteiger partial charge is 0.488 e.